The van der Waals surface area contributed by atoms with E-state index in [9.17, 15) is 8.78 Å². The minimum atomic E-state index is -0.477. The van der Waals surface area contributed by atoms with Crippen LogP contribution < -0.4 is 10.6 Å². The van der Waals surface area contributed by atoms with Gasteiger partial charge in [0.2, 0.25) is 0 Å². The van der Waals surface area contributed by atoms with Crippen LogP contribution in [0.2, 0.25) is 5.02 Å². The van der Waals surface area contributed by atoms with E-state index in [1.54, 1.807) is 6.07 Å². The zero-order valence-electron chi connectivity index (χ0n) is 10.5. The van der Waals surface area contributed by atoms with Crippen molar-refractivity contribution < 1.29 is 8.78 Å². The molecule has 0 fully saturated rings. The Labute approximate surface area is 125 Å². The van der Waals surface area contributed by atoms with Gasteiger partial charge in [0.15, 0.2) is 5.11 Å². The van der Waals surface area contributed by atoms with Gasteiger partial charge in [0.1, 0.15) is 11.6 Å². The largest absolute Gasteiger partial charge is 0.332 e. The second kappa shape index (κ2) is 6.15. The first kappa shape index (κ1) is 14.7. The van der Waals surface area contributed by atoms with Gasteiger partial charge in [0.25, 0.3) is 0 Å². The standard InChI is InChI=1S/C14H11ClF2N2S/c1-8-2-4-10(16)7-12(8)18-14(20)19-13-6-9(15)3-5-11(13)17/h2-7H,1H3,(H2,18,19,20). The van der Waals surface area contributed by atoms with E-state index in [1.165, 1.54) is 30.3 Å². The summed E-state index contributed by atoms with van der Waals surface area (Å²) in [6.07, 6.45) is 0. The molecule has 0 spiro atoms. The highest BCUT2D eigenvalue weighted by atomic mass is 35.5. The Bertz CT molecular complexity index is 606. The first-order valence-electron chi connectivity index (χ1n) is 5.75. The number of hydrogen-bond acceptors (Lipinski definition) is 1. The lowest BCUT2D eigenvalue weighted by Gasteiger charge is -2.13. The lowest BCUT2D eigenvalue weighted by atomic mass is 10.2. The molecule has 0 heterocycles. The monoisotopic (exact) mass is 312 g/mol. The van der Waals surface area contributed by atoms with Gasteiger partial charge in [-0.2, -0.15) is 0 Å². The van der Waals surface area contributed by atoms with Gasteiger partial charge >= 0.3 is 0 Å². The molecule has 0 aliphatic carbocycles. The van der Waals surface area contributed by atoms with Crippen LogP contribution in [0.5, 0.6) is 0 Å². The van der Waals surface area contributed by atoms with Crippen molar-refractivity contribution in [1.29, 1.82) is 0 Å². The van der Waals surface area contributed by atoms with Crippen molar-refractivity contribution in [1.82, 2.24) is 0 Å². The molecule has 6 heteroatoms. The van der Waals surface area contributed by atoms with E-state index in [0.717, 1.165) is 5.56 Å². The summed E-state index contributed by atoms with van der Waals surface area (Å²) in [7, 11) is 0. The summed E-state index contributed by atoms with van der Waals surface area (Å²) in [5.74, 6) is -0.857. The molecule has 0 saturated carbocycles. The zero-order chi connectivity index (χ0) is 14.7. The van der Waals surface area contributed by atoms with Crippen LogP contribution in [0.3, 0.4) is 0 Å². The van der Waals surface area contributed by atoms with Gasteiger partial charge in [-0.3, -0.25) is 0 Å². The predicted molar refractivity (Wildman–Crippen MR) is 82.4 cm³/mol. The Morgan fingerprint density at radius 3 is 2.50 bits per heavy atom. The Hall–Kier alpha value is -1.72. The van der Waals surface area contributed by atoms with Gasteiger partial charge in [0.05, 0.1) is 5.69 Å². The third-order valence-corrected chi connectivity index (χ3v) is 3.06. The van der Waals surface area contributed by atoms with E-state index in [1.807, 2.05) is 6.92 Å². The fourth-order valence-corrected chi connectivity index (χ4v) is 1.99. The van der Waals surface area contributed by atoms with E-state index in [-0.39, 0.29) is 16.6 Å². The average molecular weight is 313 g/mol. The minimum Gasteiger partial charge on any atom is -0.332 e. The maximum Gasteiger partial charge on any atom is 0.175 e. The van der Waals surface area contributed by atoms with E-state index < -0.39 is 5.82 Å². The Morgan fingerprint density at radius 1 is 1.05 bits per heavy atom. The zero-order valence-corrected chi connectivity index (χ0v) is 12.1. The predicted octanol–water partition coefficient (Wildman–Crippen LogP) is 4.74. The van der Waals surface area contributed by atoms with Crippen LogP contribution in [0.1, 0.15) is 5.56 Å². The van der Waals surface area contributed by atoms with Gasteiger partial charge in [0, 0.05) is 10.7 Å². The Balaban J connectivity index is 2.13. The maximum atomic E-state index is 13.5. The number of benzene rings is 2. The third-order valence-electron chi connectivity index (χ3n) is 2.62. The summed E-state index contributed by atoms with van der Waals surface area (Å²) in [5, 5.41) is 6.04. The first-order valence-corrected chi connectivity index (χ1v) is 6.53. The molecule has 0 amide bonds. The lowest BCUT2D eigenvalue weighted by Crippen LogP contribution is -2.20. The van der Waals surface area contributed by atoms with E-state index >= 15 is 0 Å². The van der Waals surface area contributed by atoms with Crippen molar-refractivity contribution in [3.8, 4) is 0 Å². The summed E-state index contributed by atoms with van der Waals surface area (Å²) >= 11 is 10.9. The normalized spacial score (nSPS) is 10.2. The molecule has 0 aliphatic heterocycles. The van der Waals surface area contributed by atoms with Crippen molar-refractivity contribution in [2.75, 3.05) is 10.6 Å². The third kappa shape index (κ3) is 3.65. The Morgan fingerprint density at radius 2 is 1.75 bits per heavy atom. The smallest absolute Gasteiger partial charge is 0.175 e. The number of thiocarbonyl (C=S) groups is 1. The van der Waals surface area contributed by atoms with Crippen LogP contribution in [0.4, 0.5) is 20.2 Å². The number of hydrogen-bond donors (Lipinski definition) is 2. The quantitative estimate of drug-likeness (QED) is 0.784. The minimum absolute atomic E-state index is 0.153. The summed E-state index contributed by atoms with van der Waals surface area (Å²) in [6.45, 7) is 1.81. The first-order chi connectivity index (χ1) is 9.45. The molecular weight excluding hydrogens is 302 g/mol. The second-order valence-corrected chi connectivity index (χ2v) is 5.01. The molecule has 0 radical (unpaired) electrons. The van der Waals surface area contributed by atoms with Crippen LogP contribution >= 0.6 is 23.8 Å². The molecule has 0 aromatic heterocycles. The van der Waals surface area contributed by atoms with Crippen LogP contribution in [0, 0.1) is 18.6 Å². The Kier molecular flexibility index (Phi) is 4.52. The van der Waals surface area contributed by atoms with Crippen LogP contribution in [-0.4, -0.2) is 5.11 Å². The molecule has 104 valence electrons. The molecule has 0 atom stereocenters. The van der Waals surface area contributed by atoms with Gasteiger partial charge in [-0.1, -0.05) is 17.7 Å². The number of anilines is 2. The summed E-state index contributed by atoms with van der Waals surface area (Å²) in [4.78, 5) is 0. The molecule has 2 aromatic rings. The molecule has 2 N–H and O–H groups in total. The fraction of sp³-hybridized carbons (Fsp3) is 0.0714. The summed E-state index contributed by atoms with van der Waals surface area (Å²) in [6, 6.07) is 8.39. The van der Waals surface area contributed by atoms with Gasteiger partial charge in [-0.25, -0.2) is 8.78 Å². The van der Waals surface area contributed by atoms with Crippen LogP contribution in [0.25, 0.3) is 0 Å². The highest BCUT2D eigenvalue weighted by molar-refractivity contribution is 7.80. The highest BCUT2D eigenvalue weighted by Gasteiger charge is 2.07. The number of rotatable bonds is 2. The number of nitrogens with one attached hydrogen (secondary N) is 2. The topological polar surface area (TPSA) is 24.1 Å². The molecule has 0 saturated heterocycles. The average Bonchev–Trinajstić information content (AvgIpc) is 2.38. The van der Waals surface area contributed by atoms with Crippen molar-refractivity contribution >= 4 is 40.3 Å². The maximum absolute atomic E-state index is 13.5. The molecule has 2 aromatic carbocycles. The van der Waals surface area contributed by atoms with E-state index in [4.69, 9.17) is 23.8 Å². The van der Waals surface area contributed by atoms with Crippen LogP contribution in [0.15, 0.2) is 36.4 Å². The molecule has 0 unspecified atom stereocenters. The van der Waals surface area contributed by atoms with E-state index in [0.29, 0.717) is 10.7 Å². The van der Waals surface area contributed by atoms with Crippen LogP contribution in [-0.2, 0) is 0 Å². The van der Waals surface area contributed by atoms with Crippen molar-refractivity contribution in [3.05, 3.63) is 58.6 Å². The molecule has 20 heavy (non-hydrogen) atoms. The molecule has 0 aliphatic rings. The van der Waals surface area contributed by atoms with Crippen molar-refractivity contribution in [2.24, 2.45) is 0 Å². The number of halogens is 3. The van der Waals surface area contributed by atoms with Gasteiger partial charge in [-0.15, -0.1) is 0 Å². The van der Waals surface area contributed by atoms with Gasteiger partial charge < -0.3 is 10.6 Å². The SMILES string of the molecule is Cc1ccc(F)cc1NC(=S)Nc1cc(Cl)ccc1F. The second-order valence-electron chi connectivity index (χ2n) is 4.16. The van der Waals surface area contributed by atoms with Gasteiger partial charge in [-0.05, 0) is 55.0 Å². The number of aryl methyl sites for hydroxylation is 1. The highest BCUT2D eigenvalue weighted by Crippen LogP contribution is 2.21. The summed E-state index contributed by atoms with van der Waals surface area (Å²) < 4.78 is 26.7. The van der Waals surface area contributed by atoms with Crippen molar-refractivity contribution in [2.45, 2.75) is 6.92 Å². The van der Waals surface area contributed by atoms with E-state index in [2.05, 4.69) is 10.6 Å². The van der Waals surface area contributed by atoms with Crippen molar-refractivity contribution in [3.63, 3.8) is 0 Å². The molecular formula is C14H11ClF2N2S. The lowest BCUT2D eigenvalue weighted by molar-refractivity contribution is 0.628. The molecule has 2 rings (SSSR count). The summed E-state index contributed by atoms with van der Waals surface area (Å²) in [5.41, 5.74) is 1.50. The molecule has 2 nitrogen and oxygen atoms in total. The molecule has 0 bridgehead atoms. The fourth-order valence-electron chi connectivity index (χ4n) is 1.60.